The number of halogens is 1. The number of pyridine rings is 3. The zero-order valence-electron chi connectivity index (χ0n) is 20.2. The summed E-state index contributed by atoms with van der Waals surface area (Å²) in [5, 5.41) is -0.0135. The molecule has 0 radical (unpaired) electrons. The Kier molecular flexibility index (Phi) is 7.12. The van der Waals surface area contributed by atoms with E-state index in [1.165, 1.54) is 0 Å². The normalized spacial score (nSPS) is 11.1. The Labute approximate surface area is 208 Å². The van der Waals surface area contributed by atoms with Crippen molar-refractivity contribution in [2.24, 2.45) is 0 Å². The number of rotatable bonds is 7. The summed E-state index contributed by atoms with van der Waals surface area (Å²) < 4.78 is 12.5. The van der Waals surface area contributed by atoms with Crippen molar-refractivity contribution in [3.63, 3.8) is 0 Å². The minimum absolute atomic E-state index is 0.0135. The smallest absolute Gasteiger partial charge is 0.277 e. The maximum atomic E-state index is 13.3. The van der Waals surface area contributed by atoms with E-state index in [2.05, 4.69) is 19.9 Å². The molecule has 4 aromatic heterocycles. The van der Waals surface area contributed by atoms with Crippen molar-refractivity contribution in [2.45, 2.75) is 40.2 Å². The summed E-state index contributed by atoms with van der Waals surface area (Å²) >= 11 is 6.47. The van der Waals surface area contributed by atoms with Gasteiger partial charge in [-0.2, -0.15) is 0 Å². The highest BCUT2D eigenvalue weighted by Crippen LogP contribution is 2.27. The highest BCUT2D eigenvalue weighted by molar-refractivity contribution is 6.31. The molecule has 4 rings (SSSR count). The predicted octanol–water partition coefficient (Wildman–Crippen LogP) is 5.07. The van der Waals surface area contributed by atoms with Crippen molar-refractivity contribution >= 4 is 11.6 Å². The van der Waals surface area contributed by atoms with Gasteiger partial charge in [-0.1, -0.05) is 31.5 Å². The molecule has 0 aliphatic carbocycles. The fraction of sp³-hybridized carbons (Fsp3) is 0.269. The van der Waals surface area contributed by atoms with E-state index >= 15 is 0 Å². The van der Waals surface area contributed by atoms with E-state index in [9.17, 15) is 4.79 Å². The van der Waals surface area contributed by atoms with Crippen LogP contribution in [0.4, 0.5) is 0 Å². The lowest BCUT2D eigenvalue weighted by Gasteiger charge is -2.17. The van der Waals surface area contributed by atoms with E-state index in [0.29, 0.717) is 40.1 Å². The molecule has 35 heavy (non-hydrogen) atoms. The summed E-state index contributed by atoms with van der Waals surface area (Å²) in [5.41, 5.74) is 3.76. The average Bonchev–Trinajstić information content (AvgIpc) is 2.86. The van der Waals surface area contributed by atoms with Gasteiger partial charge in [0.1, 0.15) is 23.2 Å². The number of methoxy groups -OCH3 is 1. The van der Waals surface area contributed by atoms with Crippen LogP contribution >= 0.6 is 11.6 Å². The van der Waals surface area contributed by atoms with Crippen LogP contribution in [-0.2, 0) is 6.61 Å². The third-order valence-electron chi connectivity index (χ3n) is 5.43. The summed E-state index contributed by atoms with van der Waals surface area (Å²) in [5.74, 6) is 1.69. The molecule has 4 heterocycles. The average molecular weight is 492 g/mol. The molecule has 8 nitrogen and oxygen atoms in total. The maximum Gasteiger partial charge on any atom is 0.277 e. The van der Waals surface area contributed by atoms with Crippen LogP contribution in [0.1, 0.15) is 42.5 Å². The van der Waals surface area contributed by atoms with Gasteiger partial charge in [-0.25, -0.2) is 15.0 Å². The SMILES string of the molecule is COc1cccc(COc2cc(C)n(-c3cc(-c4ccnc(C(C)C)n4)ncc3C)c(=O)c2Cl)n1. The van der Waals surface area contributed by atoms with Gasteiger partial charge in [0.05, 0.1) is 29.9 Å². The number of nitrogens with zero attached hydrogens (tertiary/aromatic N) is 5. The highest BCUT2D eigenvalue weighted by Gasteiger charge is 2.17. The first-order chi connectivity index (χ1) is 16.8. The number of hydrogen-bond donors (Lipinski definition) is 0. The van der Waals surface area contributed by atoms with Gasteiger partial charge in [-0.3, -0.25) is 14.3 Å². The predicted molar refractivity (Wildman–Crippen MR) is 135 cm³/mol. The Morgan fingerprint density at radius 3 is 2.60 bits per heavy atom. The molecular weight excluding hydrogens is 466 g/mol. The van der Waals surface area contributed by atoms with E-state index < -0.39 is 0 Å². The summed E-state index contributed by atoms with van der Waals surface area (Å²) in [7, 11) is 1.55. The Balaban J connectivity index is 1.70. The van der Waals surface area contributed by atoms with E-state index in [4.69, 9.17) is 21.1 Å². The van der Waals surface area contributed by atoms with Crippen LogP contribution in [0.3, 0.4) is 0 Å². The molecule has 0 N–H and O–H groups in total. The molecule has 0 atom stereocenters. The standard InChI is InChI=1S/C26H26ClN5O3/c1-15(2)25-28-10-9-19(31-25)20-12-21(16(3)13-29-20)32-17(4)11-22(24(27)26(32)33)35-14-18-7-6-8-23(30-18)34-5/h6-13,15H,14H2,1-5H3. The third kappa shape index (κ3) is 5.17. The molecule has 0 saturated carbocycles. The minimum Gasteiger partial charge on any atom is -0.485 e. The lowest BCUT2D eigenvalue weighted by molar-refractivity contribution is 0.297. The van der Waals surface area contributed by atoms with E-state index in [0.717, 1.165) is 11.4 Å². The van der Waals surface area contributed by atoms with E-state index in [-0.39, 0.29) is 23.1 Å². The Hall–Kier alpha value is -3.78. The second-order valence-corrected chi connectivity index (χ2v) is 8.75. The fourth-order valence-corrected chi connectivity index (χ4v) is 3.77. The van der Waals surface area contributed by atoms with Crippen LogP contribution in [0.2, 0.25) is 5.02 Å². The van der Waals surface area contributed by atoms with Gasteiger partial charge in [0, 0.05) is 36.1 Å². The van der Waals surface area contributed by atoms with Crippen molar-refractivity contribution in [3.8, 4) is 28.7 Å². The van der Waals surface area contributed by atoms with Crippen LogP contribution in [0.15, 0.2) is 53.6 Å². The first-order valence-corrected chi connectivity index (χ1v) is 11.5. The first kappa shape index (κ1) is 24.3. The fourth-order valence-electron chi connectivity index (χ4n) is 3.58. The molecule has 0 aliphatic rings. The third-order valence-corrected chi connectivity index (χ3v) is 5.78. The zero-order chi connectivity index (χ0) is 25.1. The van der Waals surface area contributed by atoms with Crippen molar-refractivity contribution in [1.29, 1.82) is 0 Å². The Bertz CT molecular complexity index is 1440. The molecule has 0 spiro atoms. The van der Waals surface area contributed by atoms with Gasteiger partial charge in [-0.05, 0) is 37.6 Å². The van der Waals surface area contributed by atoms with Crippen LogP contribution < -0.4 is 15.0 Å². The second kappa shape index (κ2) is 10.2. The number of hydrogen-bond acceptors (Lipinski definition) is 7. The highest BCUT2D eigenvalue weighted by atomic mass is 35.5. The van der Waals surface area contributed by atoms with Gasteiger partial charge >= 0.3 is 0 Å². The quantitative estimate of drug-likeness (QED) is 0.356. The Morgan fingerprint density at radius 1 is 1.06 bits per heavy atom. The molecule has 180 valence electrons. The number of aryl methyl sites for hydroxylation is 2. The molecule has 0 aliphatic heterocycles. The molecule has 0 fully saturated rings. The van der Waals surface area contributed by atoms with Crippen LogP contribution in [-0.4, -0.2) is 31.6 Å². The molecule has 0 unspecified atom stereocenters. The molecule has 0 bridgehead atoms. The van der Waals surface area contributed by atoms with Crippen LogP contribution in [0.5, 0.6) is 11.6 Å². The topological polar surface area (TPSA) is 92.0 Å². The van der Waals surface area contributed by atoms with Gasteiger partial charge in [0.2, 0.25) is 5.88 Å². The van der Waals surface area contributed by atoms with Gasteiger partial charge in [-0.15, -0.1) is 0 Å². The van der Waals surface area contributed by atoms with Crippen LogP contribution in [0.25, 0.3) is 17.1 Å². The second-order valence-electron chi connectivity index (χ2n) is 8.38. The molecule has 9 heteroatoms. The number of ether oxygens (including phenoxy) is 2. The lowest BCUT2D eigenvalue weighted by atomic mass is 10.1. The van der Waals surface area contributed by atoms with Crippen LogP contribution in [0, 0.1) is 13.8 Å². The summed E-state index contributed by atoms with van der Waals surface area (Å²) in [6.45, 7) is 7.93. The molecule has 0 aromatic carbocycles. The summed E-state index contributed by atoms with van der Waals surface area (Å²) in [6.07, 6.45) is 3.44. The summed E-state index contributed by atoms with van der Waals surface area (Å²) in [6, 6.07) is 10.8. The Morgan fingerprint density at radius 2 is 1.86 bits per heavy atom. The first-order valence-electron chi connectivity index (χ1n) is 11.1. The molecule has 4 aromatic rings. The molecular formula is C26H26ClN5O3. The van der Waals surface area contributed by atoms with Gasteiger partial charge in [0.25, 0.3) is 5.56 Å². The largest absolute Gasteiger partial charge is 0.485 e. The van der Waals surface area contributed by atoms with Crippen molar-refractivity contribution < 1.29 is 9.47 Å². The van der Waals surface area contributed by atoms with E-state index in [1.54, 1.807) is 42.3 Å². The van der Waals surface area contributed by atoms with Crippen molar-refractivity contribution in [1.82, 2.24) is 24.5 Å². The summed E-state index contributed by atoms with van der Waals surface area (Å²) in [4.78, 5) is 31.1. The van der Waals surface area contributed by atoms with Crippen molar-refractivity contribution in [3.05, 3.63) is 86.9 Å². The lowest BCUT2D eigenvalue weighted by Crippen LogP contribution is -2.23. The molecule has 0 amide bonds. The van der Waals surface area contributed by atoms with Gasteiger partial charge < -0.3 is 9.47 Å². The number of aromatic nitrogens is 5. The zero-order valence-corrected chi connectivity index (χ0v) is 21.0. The minimum atomic E-state index is -0.383. The van der Waals surface area contributed by atoms with Gasteiger partial charge in [0.15, 0.2) is 0 Å². The van der Waals surface area contributed by atoms with E-state index in [1.807, 2.05) is 45.9 Å². The maximum absolute atomic E-state index is 13.3. The van der Waals surface area contributed by atoms with Crippen molar-refractivity contribution in [2.75, 3.05) is 7.11 Å². The monoisotopic (exact) mass is 491 g/mol. The molecule has 0 saturated heterocycles.